The molecule has 4 fully saturated rings. The van der Waals surface area contributed by atoms with E-state index in [1.54, 1.807) is 11.1 Å². The number of benzene rings is 7. The highest BCUT2D eigenvalue weighted by molar-refractivity contribution is 6.13. The first-order valence-corrected chi connectivity index (χ1v) is 21.3. The number of anilines is 3. The smallest absolute Gasteiger partial charge is 0.145 e. The van der Waals surface area contributed by atoms with E-state index < -0.39 is 0 Å². The highest BCUT2D eigenvalue weighted by Crippen LogP contribution is 2.69. The van der Waals surface area contributed by atoms with Crippen LogP contribution in [0.2, 0.25) is 0 Å². The molecule has 4 saturated carbocycles. The van der Waals surface area contributed by atoms with Crippen molar-refractivity contribution in [2.24, 2.45) is 23.7 Å². The van der Waals surface area contributed by atoms with Crippen molar-refractivity contribution in [1.82, 2.24) is 0 Å². The van der Waals surface area contributed by atoms with Crippen LogP contribution < -0.4 is 4.90 Å². The molecule has 1 aromatic heterocycles. The number of furan rings is 1. The molecule has 0 radical (unpaired) electrons. The predicted molar refractivity (Wildman–Crippen MR) is 235 cm³/mol. The molecule has 1 spiro atoms. The molecule has 0 atom stereocenters. The van der Waals surface area contributed by atoms with Crippen LogP contribution in [0.3, 0.4) is 0 Å². The highest BCUT2D eigenvalue weighted by Gasteiger charge is 2.61. The molecule has 7 aromatic carbocycles. The summed E-state index contributed by atoms with van der Waals surface area (Å²) < 4.78 is 7.04. The van der Waals surface area contributed by atoms with Gasteiger partial charge in [0.1, 0.15) is 11.2 Å². The minimum atomic E-state index is -0.113. The summed E-state index contributed by atoms with van der Waals surface area (Å²) in [5, 5.41) is 2.32. The van der Waals surface area contributed by atoms with E-state index in [9.17, 15) is 0 Å². The number of rotatable bonds is 4. The Morgan fingerprint density at radius 3 is 1.91 bits per heavy atom. The molecule has 276 valence electrons. The lowest BCUT2D eigenvalue weighted by molar-refractivity contribution is -0.0399. The van der Waals surface area contributed by atoms with Gasteiger partial charge in [-0.25, -0.2) is 0 Å². The van der Waals surface area contributed by atoms with Gasteiger partial charge in [0.05, 0.1) is 5.69 Å². The molecule has 2 heteroatoms. The van der Waals surface area contributed by atoms with Gasteiger partial charge < -0.3 is 9.32 Å². The van der Waals surface area contributed by atoms with Gasteiger partial charge in [0.2, 0.25) is 0 Å². The molecule has 0 saturated heterocycles. The van der Waals surface area contributed by atoms with Gasteiger partial charge in [-0.3, -0.25) is 0 Å². The molecule has 4 bridgehead atoms. The number of hydrogen-bond acceptors (Lipinski definition) is 2. The number of fused-ring (bicyclic) bond motifs is 9. The topological polar surface area (TPSA) is 16.4 Å². The summed E-state index contributed by atoms with van der Waals surface area (Å²) in [6.45, 7) is 4.76. The lowest BCUT2D eigenvalue weighted by atomic mass is 9.43. The minimum absolute atomic E-state index is 0.0803. The van der Waals surface area contributed by atoms with Gasteiger partial charge in [-0.2, -0.15) is 0 Å². The van der Waals surface area contributed by atoms with Crippen molar-refractivity contribution in [3.63, 3.8) is 0 Å². The molecule has 6 aliphatic carbocycles. The second-order valence-corrected chi connectivity index (χ2v) is 18.5. The van der Waals surface area contributed by atoms with Crippen molar-refractivity contribution < 1.29 is 4.42 Å². The van der Waals surface area contributed by atoms with Gasteiger partial charge in [-0.05, 0) is 154 Å². The highest BCUT2D eigenvalue weighted by atomic mass is 16.3. The molecule has 6 aliphatic rings. The van der Waals surface area contributed by atoms with Crippen molar-refractivity contribution in [3.8, 4) is 33.4 Å². The van der Waals surface area contributed by atoms with Gasteiger partial charge in [-0.15, -0.1) is 0 Å². The fourth-order valence-corrected chi connectivity index (χ4v) is 13.4. The Balaban J connectivity index is 1.08. The lowest BCUT2D eigenvalue weighted by Gasteiger charge is -2.61. The summed E-state index contributed by atoms with van der Waals surface area (Å²) in [7, 11) is 0. The van der Waals surface area contributed by atoms with E-state index in [1.165, 1.54) is 71.0 Å². The van der Waals surface area contributed by atoms with Gasteiger partial charge in [0, 0.05) is 38.5 Å². The predicted octanol–water partition coefficient (Wildman–Crippen LogP) is 14.8. The van der Waals surface area contributed by atoms with Gasteiger partial charge in [-0.1, -0.05) is 117 Å². The van der Waals surface area contributed by atoms with Crippen molar-refractivity contribution in [3.05, 3.63) is 174 Å². The molecule has 1 heterocycles. The van der Waals surface area contributed by atoms with Crippen LogP contribution in [0.15, 0.2) is 156 Å². The third kappa shape index (κ3) is 4.21. The molecule has 0 N–H and O–H groups in total. The van der Waals surface area contributed by atoms with Crippen LogP contribution in [0.25, 0.3) is 55.3 Å². The largest absolute Gasteiger partial charge is 0.455 e. The molecule has 0 aliphatic heterocycles. The molecular weight excluding hydrogens is 691 g/mol. The zero-order valence-corrected chi connectivity index (χ0v) is 32.6. The Morgan fingerprint density at radius 2 is 1.12 bits per heavy atom. The number of para-hydroxylation sites is 2. The second kappa shape index (κ2) is 11.4. The van der Waals surface area contributed by atoms with Crippen LogP contribution in [0.4, 0.5) is 17.1 Å². The quantitative estimate of drug-likeness (QED) is 0.179. The fourth-order valence-electron chi connectivity index (χ4n) is 13.4. The molecule has 8 aromatic rings. The first-order chi connectivity index (χ1) is 28.0. The van der Waals surface area contributed by atoms with E-state index in [1.807, 2.05) is 0 Å². The summed E-state index contributed by atoms with van der Waals surface area (Å²) in [6.07, 6.45) is 6.94. The molecule has 0 unspecified atom stereocenters. The fraction of sp³-hybridized carbons (Fsp3) is 0.236. The molecule has 0 amide bonds. The van der Waals surface area contributed by atoms with E-state index in [4.69, 9.17) is 4.42 Å². The molecule has 2 nitrogen and oxygen atoms in total. The normalized spacial score (nSPS) is 24.2. The monoisotopic (exact) mass is 735 g/mol. The summed E-state index contributed by atoms with van der Waals surface area (Å²) in [5.41, 5.74) is 19.2. The van der Waals surface area contributed by atoms with Crippen LogP contribution in [0.1, 0.15) is 68.2 Å². The first kappa shape index (κ1) is 32.2. The van der Waals surface area contributed by atoms with Crippen molar-refractivity contribution in [2.45, 2.75) is 56.8 Å². The zero-order chi connectivity index (χ0) is 37.6. The number of hydrogen-bond donors (Lipinski definition) is 0. The molecular formula is C55H45NO. The van der Waals surface area contributed by atoms with Crippen LogP contribution in [-0.2, 0) is 10.8 Å². The van der Waals surface area contributed by atoms with Crippen LogP contribution >= 0.6 is 0 Å². The van der Waals surface area contributed by atoms with Gasteiger partial charge in [0.15, 0.2) is 0 Å². The SMILES string of the molecule is CC1(C)c2ccccc2-c2ccc(N(c3ccccc3)c3ccc4c(oc5ccccc54)c3-c3ccc4c(c3)C3(c5ccccc5-4)C4CC5CC(C4)CC3C5)cc21. The van der Waals surface area contributed by atoms with E-state index in [0.29, 0.717) is 11.8 Å². The van der Waals surface area contributed by atoms with Crippen LogP contribution in [0.5, 0.6) is 0 Å². The third-order valence-corrected chi connectivity index (χ3v) is 15.4. The summed E-state index contributed by atoms with van der Waals surface area (Å²) >= 11 is 0. The van der Waals surface area contributed by atoms with Crippen molar-refractivity contribution in [1.29, 1.82) is 0 Å². The average molecular weight is 736 g/mol. The summed E-state index contributed by atoms with van der Waals surface area (Å²) in [6, 6.07) is 57.2. The first-order valence-electron chi connectivity index (χ1n) is 21.3. The molecule has 14 rings (SSSR count). The Kier molecular flexibility index (Phi) is 6.44. The van der Waals surface area contributed by atoms with Gasteiger partial charge in [0.25, 0.3) is 0 Å². The average Bonchev–Trinajstić information content (AvgIpc) is 3.84. The second-order valence-electron chi connectivity index (χ2n) is 18.5. The van der Waals surface area contributed by atoms with E-state index in [0.717, 1.165) is 56.4 Å². The third-order valence-electron chi connectivity index (χ3n) is 15.4. The van der Waals surface area contributed by atoms with E-state index in [2.05, 4.69) is 170 Å². The maximum absolute atomic E-state index is 7.04. The van der Waals surface area contributed by atoms with Crippen LogP contribution in [0, 0.1) is 23.7 Å². The Labute approximate surface area is 334 Å². The minimum Gasteiger partial charge on any atom is -0.455 e. The Hall–Kier alpha value is -5.86. The number of nitrogens with zero attached hydrogens (tertiary/aromatic N) is 1. The maximum Gasteiger partial charge on any atom is 0.145 e. The zero-order valence-electron chi connectivity index (χ0n) is 32.6. The van der Waals surface area contributed by atoms with Gasteiger partial charge >= 0.3 is 0 Å². The van der Waals surface area contributed by atoms with E-state index in [-0.39, 0.29) is 10.8 Å². The summed E-state index contributed by atoms with van der Waals surface area (Å²) in [4.78, 5) is 2.49. The Bertz CT molecular complexity index is 2940. The Morgan fingerprint density at radius 1 is 0.491 bits per heavy atom. The van der Waals surface area contributed by atoms with Crippen molar-refractivity contribution in [2.75, 3.05) is 4.90 Å². The summed E-state index contributed by atoms with van der Waals surface area (Å²) in [5.74, 6) is 3.20. The van der Waals surface area contributed by atoms with Crippen LogP contribution in [-0.4, -0.2) is 0 Å². The lowest BCUT2D eigenvalue weighted by Crippen LogP contribution is -2.55. The maximum atomic E-state index is 7.04. The standard InChI is InChI=1S/C55H45NO/c1-54(2)46-17-9-6-14-40(46)42-23-21-39(32-48(42)54)56(38-12-4-3-5-13-38)50-25-24-45-44-16-8-11-19-51(44)57-53(45)52(50)35-20-22-43-41-15-7-10-18-47(41)55(49(43)31-35)36-27-33-26-34(29-36)30-37(55)28-33/h3-25,31-34,36-37H,26-30H2,1-2H3. The van der Waals surface area contributed by atoms with E-state index >= 15 is 0 Å². The molecule has 57 heavy (non-hydrogen) atoms. The van der Waals surface area contributed by atoms with Crippen molar-refractivity contribution >= 4 is 39.0 Å².